The highest BCUT2D eigenvalue weighted by Crippen LogP contribution is 2.36. The van der Waals surface area contributed by atoms with Crippen molar-refractivity contribution >= 4 is 13.8 Å². The van der Waals surface area contributed by atoms with Gasteiger partial charge in [-0.25, -0.2) is 9.36 Å². The number of benzene rings is 1. The molecule has 0 aliphatic carbocycles. The largest absolute Gasteiger partial charge is 0.527 e. The van der Waals surface area contributed by atoms with E-state index >= 15 is 0 Å². The van der Waals surface area contributed by atoms with Crippen molar-refractivity contribution in [2.24, 2.45) is 5.92 Å². The maximum Gasteiger partial charge on any atom is 0.527 e. The Morgan fingerprint density at radius 2 is 1.95 bits per heavy atom. The van der Waals surface area contributed by atoms with E-state index in [4.69, 9.17) is 14.6 Å². The number of rotatable bonds is 8. The Labute approximate surface area is 123 Å². The molecule has 0 aliphatic rings. The third-order valence-electron chi connectivity index (χ3n) is 2.97. The van der Waals surface area contributed by atoms with Crippen molar-refractivity contribution in [3.8, 4) is 0 Å². The summed E-state index contributed by atoms with van der Waals surface area (Å²) in [4.78, 5) is 34.4. The molecule has 3 N–H and O–H groups in total. The van der Waals surface area contributed by atoms with Crippen molar-refractivity contribution in [3.05, 3.63) is 35.9 Å². The second kappa shape index (κ2) is 8.26. The first kappa shape index (κ1) is 17.8. The van der Waals surface area contributed by atoms with Crippen LogP contribution in [0, 0.1) is 5.92 Å². The predicted octanol–water partition coefficient (Wildman–Crippen LogP) is 1.76. The van der Waals surface area contributed by atoms with Crippen LogP contribution in [0.25, 0.3) is 0 Å². The zero-order valence-corrected chi connectivity index (χ0v) is 12.8. The van der Waals surface area contributed by atoms with E-state index in [1.807, 2.05) is 37.3 Å². The molecule has 0 saturated heterocycles. The van der Waals surface area contributed by atoms with E-state index < -0.39 is 19.8 Å². The molecule has 2 atom stereocenters. The maximum absolute atomic E-state index is 11.7. The lowest BCUT2D eigenvalue weighted by molar-refractivity contribution is -0.145. The van der Waals surface area contributed by atoms with Gasteiger partial charge in [-0.2, -0.15) is 5.48 Å². The van der Waals surface area contributed by atoms with Gasteiger partial charge in [-0.15, -0.1) is 0 Å². The summed E-state index contributed by atoms with van der Waals surface area (Å²) < 4.78 is 14.8. The first-order valence-corrected chi connectivity index (χ1v) is 8.06. The Morgan fingerprint density at radius 1 is 1.33 bits per heavy atom. The number of hydrogen-bond donors (Lipinski definition) is 3. The number of carbonyl (C=O) groups excluding carboxylic acids is 1. The number of hydroxylamine groups is 1. The van der Waals surface area contributed by atoms with Crippen LogP contribution in [0.15, 0.2) is 30.3 Å². The van der Waals surface area contributed by atoms with Gasteiger partial charge < -0.3 is 4.52 Å². The van der Waals surface area contributed by atoms with Crippen molar-refractivity contribution in [2.75, 3.05) is 0 Å². The molecule has 0 amide bonds. The molecule has 0 spiro atoms. The minimum Gasteiger partial charge on any atom is -0.369 e. The Morgan fingerprint density at radius 3 is 2.48 bits per heavy atom. The van der Waals surface area contributed by atoms with E-state index in [0.29, 0.717) is 6.42 Å². The molecule has 7 nitrogen and oxygen atoms in total. The van der Waals surface area contributed by atoms with Crippen molar-refractivity contribution < 1.29 is 28.5 Å². The third-order valence-corrected chi connectivity index (χ3v) is 3.39. The van der Waals surface area contributed by atoms with Gasteiger partial charge in [0.05, 0.1) is 6.61 Å². The van der Waals surface area contributed by atoms with Gasteiger partial charge >= 0.3 is 13.8 Å². The molecular formula is C13H20NO6P. The number of hydrogen-bond acceptors (Lipinski definition) is 5. The van der Waals surface area contributed by atoms with Crippen molar-refractivity contribution in [3.63, 3.8) is 0 Å². The minimum atomic E-state index is -4.86. The first-order valence-electron chi connectivity index (χ1n) is 6.53. The molecule has 0 radical (unpaired) electrons. The standard InChI is InChI=1S/C13H20NO6P/c1-3-10(2)12(13(15)20-21(16,17)18)14-19-9-11-7-5-4-6-8-11/h4-8,10,12,14H,3,9H2,1-2H3,(H2,16,17,18)/t10-,12-/m0/s1. The molecular weight excluding hydrogens is 297 g/mol. The van der Waals surface area contributed by atoms with Crippen LogP contribution in [0.3, 0.4) is 0 Å². The number of nitrogens with one attached hydrogen (secondary N) is 1. The molecule has 1 rings (SSSR count). The molecule has 1 aromatic rings. The van der Waals surface area contributed by atoms with Crippen molar-refractivity contribution in [2.45, 2.75) is 32.9 Å². The summed E-state index contributed by atoms with van der Waals surface area (Å²) >= 11 is 0. The topological polar surface area (TPSA) is 105 Å². The summed E-state index contributed by atoms with van der Waals surface area (Å²) in [5.74, 6) is -1.24. The van der Waals surface area contributed by atoms with Crippen LogP contribution in [0.2, 0.25) is 0 Å². The van der Waals surface area contributed by atoms with Gasteiger partial charge in [-0.1, -0.05) is 50.6 Å². The van der Waals surface area contributed by atoms with Crippen LogP contribution in [0.1, 0.15) is 25.8 Å². The second-order valence-electron chi connectivity index (χ2n) is 4.66. The van der Waals surface area contributed by atoms with E-state index in [0.717, 1.165) is 5.56 Å². The van der Waals surface area contributed by atoms with Crippen LogP contribution in [0.5, 0.6) is 0 Å². The molecule has 0 heterocycles. The van der Waals surface area contributed by atoms with Crippen LogP contribution >= 0.6 is 7.82 Å². The highest BCUT2D eigenvalue weighted by atomic mass is 31.2. The Hall–Kier alpha value is -1.24. The van der Waals surface area contributed by atoms with E-state index in [1.54, 1.807) is 6.92 Å². The van der Waals surface area contributed by atoms with Crippen LogP contribution in [-0.2, 0) is 25.3 Å². The van der Waals surface area contributed by atoms with Gasteiger partial charge in [0.2, 0.25) is 0 Å². The second-order valence-corrected chi connectivity index (χ2v) is 5.82. The van der Waals surface area contributed by atoms with Gasteiger partial charge in [0.25, 0.3) is 0 Å². The molecule has 1 aromatic carbocycles. The molecule has 8 heteroatoms. The van der Waals surface area contributed by atoms with Gasteiger partial charge in [-0.05, 0) is 11.5 Å². The lowest BCUT2D eigenvalue weighted by Gasteiger charge is -2.22. The minimum absolute atomic E-state index is 0.208. The van der Waals surface area contributed by atoms with E-state index in [1.165, 1.54) is 0 Å². The first-order chi connectivity index (χ1) is 9.83. The fourth-order valence-electron chi connectivity index (χ4n) is 1.60. The lowest BCUT2D eigenvalue weighted by Crippen LogP contribution is -2.42. The van der Waals surface area contributed by atoms with E-state index in [9.17, 15) is 9.36 Å². The summed E-state index contributed by atoms with van der Waals surface area (Å²) in [6.07, 6.45) is 0.614. The number of carbonyl (C=O) groups is 1. The smallest absolute Gasteiger partial charge is 0.369 e. The molecule has 0 saturated carbocycles. The molecule has 0 aliphatic heterocycles. The SMILES string of the molecule is CC[C@H](C)[C@H](NOCc1ccccc1)C(=O)OP(=O)(O)O. The summed E-state index contributed by atoms with van der Waals surface area (Å²) in [7, 11) is -4.86. The molecule has 0 aromatic heterocycles. The highest BCUT2D eigenvalue weighted by Gasteiger charge is 2.31. The van der Waals surface area contributed by atoms with Gasteiger partial charge in [0.15, 0.2) is 0 Å². The van der Waals surface area contributed by atoms with Crippen LogP contribution in [0.4, 0.5) is 0 Å². The number of phosphoric acid groups is 1. The zero-order valence-electron chi connectivity index (χ0n) is 11.9. The van der Waals surface area contributed by atoms with E-state index in [-0.39, 0.29) is 12.5 Å². The van der Waals surface area contributed by atoms with Crippen molar-refractivity contribution in [1.29, 1.82) is 0 Å². The van der Waals surface area contributed by atoms with Gasteiger partial charge in [-0.3, -0.25) is 14.6 Å². The third kappa shape index (κ3) is 6.84. The summed E-state index contributed by atoms with van der Waals surface area (Å²) in [5, 5.41) is 0. The molecule has 118 valence electrons. The van der Waals surface area contributed by atoms with Crippen molar-refractivity contribution in [1.82, 2.24) is 5.48 Å². The Kier molecular flexibility index (Phi) is 7.01. The lowest BCUT2D eigenvalue weighted by atomic mass is 10.0. The fourth-order valence-corrected chi connectivity index (χ4v) is 1.94. The zero-order chi connectivity index (χ0) is 15.9. The summed E-state index contributed by atoms with van der Waals surface area (Å²) in [6.45, 7) is 3.82. The fraction of sp³-hybridized carbons (Fsp3) is 0.462. The maximum atomic E-state index is 11.7. The highest BCUT2D eigenvalue weighted by molar-refractivity contribution is 7.46. The molecule has 0 bridgehead atoms. The summed E-state index contributed by atoms with van der Waals surface area (Å²) in [6, 6.07) is 8.34. The Bertz CT molecular complexity index is 489. The van der Waals surface area contributed by atoms with Crippen LogP contribution in [-0.4, -0.2) is 21.8 Å². The van der Waals surface area contributed by atoms with Gasteiger partial charge in [0.1, 0.15) is 6.04 Å². The summed E-state index contributed by atoms with van der Waals surface area (Å²) in [5.41, 5.74) is 3.42. The average molecular weight is 317 g/mol. The predicted molar refractivity (Wildman–Crippen MR) is 75.7 cm³/mol. The van der Waals surface area contributed by atoms with Gasteiger partial charge in [0, 0.05) is 0 Å². The quantitative estimate of drug-likeness (QED) is 0.495. The number of phosphoric ester groups is 1. The molecule has 0 fully saturated rings. The molecule has 21 heavy (non-hydrogen) atoms. The normalized spacial score (nSPS) is 14.5. The Balaban J connectivity index is 2.58. The van der Waals surface area contributed by atoms with E-state index in [2.05, 4.69) is 10.0 Å². The van der Waals surface area contributed by atoms with Crippen LogP contribution < -0.4 is 5.48 Å². The molecule has 0 unspecified atom stereocenters. The monoisotopic (exact) mass is 317 g/mol. The average Bonchev–Trinajstić information content (AvgIpc) is 2.42.